The number of nitrogens with one attached hydrogen (secondary N) is 2. The number of rotatable bonds is 4. The Balaban J connectivity index is 1.43. The van der Waals surface area contributed by atoms with Crippen LogP contribution in [0.1, 0.15) is 15.9 Å². The van der Waals surface area contributed by atoms with Crippen molar-refractivity contribution in [2.24, 2.45) is 4.99 Å². The predicted molar refractivity (Wildman–Crippen MR) is 117 cm³/mol. The fourth-order valence-corrected chi connectivity index (χ4v) is 3.53. The lowest BCUT2D eigenvalue weighted by Crippen LogP contribution is -2.11. The van der Waals surface area contributed by atoms with Gasteiger partial charge < -0.3 is 9.97 Å². The molecule has 2 N–H and O–H groups in total. The third-order valence-electron chi connectivity index (χ3n) is 5.03. The fraction of sp³-hybridized carbons (Fsp3) is 0.0435. The van der Waals surface area contributed by atoms with Gasteiger partial charge in [0.25, 0.3) is 5.56 Å². The molecule has 3 heterocycles. The van der Waals surface area contributed by atoms with Crippen molar-refractivity contribution in [1.29, 1.82) is 0 Å². The van der Waals surface area contributed by atoms with Crippen molar-refractivity contribution in [3.63, 3.8) is 0 Å². The first-order chi connectivity index (χ1) is 14.7. The van der Waals surface area contributed by atoms with Gasteiger partial charge in [0.2, 0.25) is 5.91 Å². The summed E-state index contributed by atoms with van der Waals surface area (Å²) < 4.78 is 1.46. The van der Waals surface area contributed by atoms with Crippen molar-refractivity contribution in [3.05, 3.63) is 94.9 Å². The second-order valence-electron chi connectivity index (χ2n) is 6.95. The molecule has 5 rings (SSSR count). The molecule has 7 heteroatoms. The van der Waals surface area contributed by atoms with Crippen molar-refractivity contribution in [1.82, 2.24) is 19.5 Å². The van der Waals surface area contributed by atoms with E-state index in [1.807, 2.05) is 54.7 Å². The van der Waals surface area contributed by atoms with E-state index in [-0.39, 0.29) is 17.9 Å². The van der Waals surface area contributed by atoms with Crippen molar-refractivity contribution in [2.75, 3.05) is 0 Å². The van der Waals surface area contributed by atoms with E-state index >= 15 is 0 Å². The molecule has 0 aliphatic carbocycles. The molecule has 3 aromatic heterocycles. The second kappa shape index (κ2) is 7.29. The van der Waals surface area contributed by atoms with Crippen molar-refractivity contribution in [2.45, 2.75) is 6.42 Å². The van der Waals surface area contributed by atoms with Gasteiger partial charge in [-0.05, 0) is 35.9 Å². The van der Waals surface area contributed by atoms with Crippen LogP contribution >= 0.6 is 0 Å². The van der Waals surface area contributed by atoms with Gasteiger partial charge in [-0.3, -0.25) is 19.1 Å². The number of hydrogen-bond donors (Lipinski definition) is 2. The van der Waals surface area contributed by atoms with Gasteiger partial charge in [-0.25, -0.2) is 4.98 Å². The van der Waals surface area contributed by atoms with E-state index in [9.17, 15) is 9.59 Å². The van der Waals surface area contributed by atoms with E-state index in [2.05, 4.69) is 19.9 Å². The molecule has 0 bridgehead atoms. The van der Waals surface area contributed by atoms with E-state index in [0.717, 1.165) is 27.4 Å². The first-order valence-corrected chi connectivity index (χ1v) is 9.45. The lowest BCUT2D eigenvalue weighted by Gasteiger charge is -2.02. The summed E-state index contributed by atoms with van der Waals surface area (Å²) in [6.45, 7) is 0. The number of carbonyl (C=O) groups excluding carboxylic acids is 1. The molecule has 2 aromatic carbocycles. The SMILES string of the molecule is O=C(Cc1ccc(N=Cc2c(=O)[nH]c3ccc4[nH]cccc4c23)cc1)n1ccnc1. The molecule has 0 aliphatic rings. The molecule has 0 amide bonds. The maximum Gasteiger partial charge on any atom is 0.257 e. The van der Waals surface area contributed by atoms with E-state index in [4.69, 9.17) is 0 Å². The van der Waals surface area contributed by atoms with Gasteiger partial charge >= 0.3 is 0 Å². The number of aliphatic imine (C=N–C) groups is 1. The van der Waals surface area contributed by atoms with Crippen LogP contribution in [0.4, 0.5) is 5.69 Å². The smallest absolute Gasteiger partial charge is 0.257 e. The topological polar surface area (TPSA) is 95.9 Å². The summed E-state index contributed by atoms with van der Waals surface area (Å²) in [6.07, 6.45) is 8.42. The third kappa shape index (κ3) is 3.22. The monoisotopic (exact) mass is 395 g/mol. The first-order valence-electron chi connectivity index (χ1n) is 9.45. The zero-order valence-corrected chi connectivity index (χ0v) is 15.9. The largest absolute Gasteiger partial charge is 0.361 e. The van der Waals surface area contributed by atoms with Gasteiger partial charge in [0.15, 0.2) is 0 Å². The molecular formula is C23H17N5O2. The van der Waals surface area contributed by atoms with Gasteiger partial charge in [-0.15, -0.1) is 0 Å². The number of carbonyl (C=O) groups is 1. The van der Waals surface area contributed by atoms with Crippen LogP contribution in [0.15, 0.2) is 83.2 Å². The van der Waals surface area contributed by atoms with Gasteiger partial charge in [0, 0.05) is 46.6 Å². The zero-order chi connectivity index (χ0) is 20.5. The lowest BCUT2D eigenvalue weighted by atomic mass is 10.1. The minimum absolute atomic E-state index is 0.0535. The molecule has 30 heavy (non-hydrogen) atoms. The van der Waals surface area contributed by atoms with E-state index in [1.54, 1.807) is 18.6 Å². The van der Waals surface area contributed by atoms with Crippen molar-refractivity contribution < 1.29 is 4.79 Å². The second-order valence-corrected chi connectivity index (χ2v) is 6.95. The van der Waals surface area contributed by atoms with Crippen LogP contribution in [-0.2, 0) is 6.42 Å². The Labute approximate surface area is 170 Å². The number of nitrogens with zero attached hydrogens (tertiary/aromatic N) is 3. The van der Waals surface area contributed by atoms with Crippen LogP contribution in [0.5, 0.6) is 0 Å². The van der Waals surface area contributed by atoms with Crippen LogP contribution in [0.2, 0.25) is 0 Å². The number of pyridine rings is 1. The third-order valence-corrected chi connectivity index (χ3v) is 5.03. The molecule has 5 aromatic rings. The molecule has 0 spiro atoms. The zero-order valence-electron chi connectivity index (χ0n) is 15.9. The number of fused-ring (bicyclic) bond motifs is 3. The lowest BCUT2D eigenvalue weighted by molar-refractivity contribution is 0.0914. The number of imidazole rings is 1. The van der Waals surface area contributed by atoms with Crippen molar-refractivity contribution in [3.8, 4) is 0 Å². The highest BCUT2D eigenvalue weighted by atomic mass is 16.2. The Hall–Kier alpha value is -4.26. The van der Waals surface area contributed by atoms with E-state index in [1.165, 1.54) is 10.9 Å². The highest BCUT2D eigenvalue weighted by Crippen LogP contribution is 2.24. The number of benzene rings is 2. The summed E-state index contributed by atoms with van der Waals surface area (Å²) in [5.74, 6) is -0.0535. The van der Waals surface area contributed by atoms with Gasteiger partial charge in [-0.1, -0.05) is 18.2 Å². The maximum atomic E-state index is 12.5. The molecule has 0 radical (unpaired) electrons. The predicted octanol–water partition coefficient (Wildman–Crippen LogP) is 3.84. The number of H-pyrrole nitrogens is 2. The highest BCUT2D eigenvalue weighted by molar-refractivity contribution is 6.13. The maximum absolute atomic E-state index is 12.5. The number of aromatic amines is 2. The normalized spacial score (nSPS) is 11.6. The number of aromatic nitrogens is 4. The van der Waals surface area contributed by atoms with E-state index in [0.29, 0.717) is 11.3 Å². The quantitative estimate of drug-likeness (QED) is 0.453. The Bertz CT molecular complexity index is 1440. The molecule has 7 nitrogen and oxygen atoms in total. The standard InChI is InChI=1S/C23H17N5O2/c29-21(28-11-10-24-14-28)12-15-3-5-16(6-4-15)26-13-18-22-17-2-1-9-25-19(17)7-8-20(22)27-23(18)30/h1-11,13-14,25H,12H2,(H,27,30). The molecule has 0 saturated carbocycles. The minimum atomic E-state index is -0.173. The summed E-state index contributed by atoms with van der Waals surface area (Å²) in [7, 11) is 0. The van der Waals surface area contributed by atoms with Gasteiger partial charge in [0.1, 0.15) is 6.33 Å². The first kappa shape index (κ1) is 17.8. The number of hydrogen-bond acceptors (Lipinski definition) is 4. The van der Waals surface area contributed by atoms with Crippen LogP contribution in [0.25, 0.3) is 21.8 Å². The summed E-state index contributed by atoms with van der Waals surface area (Å²) in [5.41, 5.74) is 3.66. The average molecular weight is 395 g/mol. The highest BCUT2D eigenvalue weighted by Gasteiger charge is 2.11. The molecule has 0 atom stereocenters. The van der Waals surface area contributed by atoms with Gasteiger partial charge in [-0.2, -0.15) is 0 Å². The summed E-state index contributed by atoms with van der Waals surface area (Å²) in [5, 5.41) is 1.81. The van der Waals surface area contributed by atoms with Crippen LogP contribution < -0.4 is 5.56 Å². The van der Waals surface area contributed by atoms with Crippen LogP contribution in [-0.4, -0.2) is 31.6 Å². The molecule has 0 aliphatic heterocycles. The molecule has 0 unspecified atom stereocenters. The Morgan fingerprint density at radius 1 is 1.10 bits per heavy atom. The fourth-order valence-electron chi connectivity index (χ4n) is 3.53. The van der Waals surface area contributed by atoms with E-state index < -0.39 is 0 Å². The summed E-state index contributed by atoms with van der Waals surface area (Å²) in [4.78, 5) is 39.1. The summed E-state index contributed by atoms with van der Waals surface area (Å²) >= 11 is 0. The van der Waals surface area contributed by atoms with Crippen LogP contribution in [0, 0.1) is 0 Å². The van der Waals surface area contributed by atoms with Gasteiger partial charge in [0.05, 0.1) is 17.7 Å². The molecule has 146 valence electrons. The Morgan fingerprint density at radius 3 is 2.73 bits per heavy atom. The minimum Gasteiger partial charge on any atom is -0.361 e. The Kier molecular flexibility index (Phi) is 4.33. The Morgan fingerprint density at radius 2 is 1.93 bits per heavy atom. The molecule has 0 saturated heterocycles. The average Bonchev–Trinajstić information content (AvgIpc) is 3.41. The molecular weight excluding hydrogens is 378 g/mol. The summed E-state index contributed by atoms with van der Waals surface area (Å²) in [6, 6.07) is 15.1. The van der Waals surface area contributed by atoms with Crippen LogP contribution in [0.3, 0.4) is 0 Å². The van der Waals surface area contributed by atoms with Crippen molar-refractivity contribution >= 4 is 39.6 Å². The molecule has 0 fully saturated rings.